The highest BCUT2D eigenvalue weighted by molar-refractivity contribution is 9.10. The monoisotopic (exact) mass is 312 g/mol. The second kappa shape index (κ2) is 6.04. The predicted octanol–water partition coefficient (Wildman–Crippen LogP) is 2.47. The first-order valence-electron chi connectivity index (χ1n) is 6.42. The minimum absolute atomic E-state index is 0.107. The Bertz CT molecular complexity index is 401. The molecule has 0 atom stereocenters. The Morgan fingerprint density at radius 1 is 1.33 bits per heavy atom. The molecule has 0 spiro atoms. The van der Waals surface area contributed by atoms with Gasteiger partial charge in [-0.1, -0.05) is 22.0 Å². The van der Waals surface area contributed by atoms with Gasteiger partial charge in [0.15, 0.2) is 0 Å². The van der Waals surface area contributed by atoms with Gasteiger partial charge in [-0.3, -0.25) is 0 Å². The number of halogens is 1. The van der Waals surface area contributed by atoms with Crippen molar-refractivity contribution in [1.29, 1.82) is 0 Å². The van der Waals surface area contributed by atoms with Crippen LogP contribution in [0.25, 0.3) is 0 Å². The second-order valence-electron chi connectivity index (χ2n) is 5.11. The third-order valence-electron chi connectivity index (χ3n) is 3.75. The van der Waals surface area contributed by atoms with Crippen LogP contribution in [0.5, 0.6) is 0 Å². The first-order valence-corrected chi connectivity index (χ1v) is 7.21. The van der Waals surface area contributed by atoms with Crippen LogP contribution in [-0.2, 0) is 6.61 Å². The van der Waals surface area contributed by atoms with Gasteiger partial charge in [-0.25, -0.2) is 0 Å². The molecule has 1 fully saturated rings. The molecule has 100 valence electrons. The Labute approximate surface area is 118 Å². The Balaban J connectivity index is 2.11. The number of aliphatic hydroxyl groups excluding tert-OH is 1. The number of anilines is 1. The Kier molecular flexibility index (Phi) is 4.65. The fraction of sp³-hybridized carbons (Fsp3) is 0.571. The molecule has 0 bridgehead atoms. The fourth-order valence-corrected chi connectivity index (χ4v) is 2.94. The lowest BCUT2D eigenvalue weighted by molar-refractivity contribution is 0.248. The van der Waals surface area contributed by atoms with E-state index in [0.29, 0.717) is 6.04 Å². The number of rotatable bonds is 3. The topological polar surface area (TPSA) is 26.7 Å². The van der Waals surface area contributed by atoms with Gasteiger partial charge in [-0.05, 0) is 39.1 Å². The maximum absolute atomic E-state index is 9.43. The van der Waals surface area contributed by atoms with E-state index in [9.17, 15) is 5.11 Å². The summed E-state index contributed by atoms with van der Waals surface area (Å²) in [4.78, 5) is 4.70. The van der Waals surface area contributed by atoms with Crippen molar-refractivity contribution < 1.29 is 5.11 Å². The molecule has 1 aliphatic heterocycles. The first-order chi connectivity index (χ1) is 8.61. The molecule has 1 aliphatic rings. The van der Waals surface area contributed by atoms with Crippen molar-refractivity contribution in [2.45, 2.75) is 25.5 Å². The molecule has 0 aromatic heterocycles. The third kappa shape index (κ3) is 3.05. The van der Waals surface area contributed by atoms with E-state index in [-0.39, 0.29) is 6.61 Å². The summed E-state index contributed by atoms with van der Waals surface area (Å²) in [7, 11) is 4.30. The van der Waals surface area contributed by atoms with Crippen LogP contribution in [0, 0.1) is 0 Å². The quantitative estimate of drug-likeness (QED) is 0.929. The summed E-state index contributed by atoms with van der Waals surface area (Å²) in [5.41, 5.74) is 2.19. The van der Waals surface area contributed by atoms with Crippen molar-refractivity contribution in [3.05, 3.63) is 28.2 Å². The average molecular weight is 313 g/mol. The lowest BCUT2D eigenvalue weighted by Gasteiger charge is -2.37. The van der Waals surface area contributed by atoms with E-state index in [1.54, 1.807) is 0 Å². The number of hydrogen-bond donors (Lipinski definition) is 1. The molecule has 0 unspecified atom stereocenters. The van der Waals surface area contributed by atoms with Crippen LogP contribution in [0.3, 0.4) is 0 Å². The van der Waals surface area contributed by atoms with E-state index in [1.165, 1.54) is 18.5 Å². The first kappa shape index (κ1) is 13.8. The van der Waals surface area contributed by atoms with Crippen LogP contribution in [-0.4, -0.2) is 43.2 Å². The van der Waals surface area contributed by atoms with Gasteiger partial charge in [0, 0.05) is 34.9 Å². The lowest BCUT2D eigenvalue weighted by Crippen LogP contribution is -2.42. The Hall–Kier alpha value is -0.580. The van der Waals surface area contributed by atoms with E-state index >= 15 is 0 Å². The number of benzene rings is 1. The van der Waals surface area contributed by atoms with Crippen molar-refractivity contribution in [3.8, 4) is 0 Å². The van der Waals surface area contributed by atoms with Gasteiger partial charge in [0.25, 0.3) is 0 Å². The molecule has 0 amide bonds. The van der Waals surface area contributed by atoms with Gasteiger partial charge in [0.05, 0.1) is 6.61 Å². The molecule has 18 heavy (non-hydrogen) atoms. The van der Waals surface area contributed by atoms with Gasteiger partial charge in [-0.15, -0.1) is 0 Å². The van der Waals surface area contributed by atoms with Crippen LogP contribution < -0.4 is 4.90 Å². The van der Waals surface area contributed by atoms with Crippen molar-refractivity contribution in [3.63, 3.8) is 0 Å². The van der Waals surface area contributed by atoms with Crippen LogP contribution in [0.15, 0.2) is 22.7 Å². The molecule has 0 radical (unpaired) electrons. The number of nitrogens with zero attached hydrogens (tertiary/aromatic N) is 2. The lowest BCUT2D eigenvalue weighted by atomic mass is 10.0. The summed E-state index contributed by atoms with van der Waals surface area (Å²) in [6.07, 6.45) is 2.37. The van der Waals surface area contributed by atoms with E-state index in [4.69, 9.17) is 0 Å². The Morgan fingerprint density at radius 2 is 2.00 bits per heavy atom. The SMILES string of the molecule is CN(C)C1CCN(c2cc(Br)ccc2CO)CC1. The summed E-state index contributed by atoms with van der Waals surface area (Å²) in [5.74, 6) is 0. The zero-order valence-corrected chi connectivity index (χ0v) is 12.7. The maximum Gasteiger partial charge on any atom is 0.0702 e. The molecule has 2 rings (SSSR count). The van der Waals surface area contributed by atoms with Crippen LogP contribution in [0.4, 0.5) is 5.69 Å². The summed E-state index contributed by atoms with van der Waals surface area (Å²) in [6.45, 7) is 2.23. The van der Waals surface area contributed by atoms with Crippen molar-refractivity contribution in [2.75, 3.05) is 32.1 Å². The number of piperidine rings is 1. The normalized spacial score (nSPS) is 17.5. The summed E-state index contributed by atoms with van der Waals surface area (Å²) in [6, 6.07) is 6.78. The number of hydrogen-bond acceptors (Lipinski definition) is 3. The van der Waals surface area contributed by atoms with Crippen LogP contribution in [0.1, 0.15) is 18.4 Å². The molecule has 1 aromatic rings. The average Bonchev–Trinajstić information content (AvgIpc) is 2.39. The highest BCUT2D eigenvalue weighted by atomic mass is 79.9. The van der Waals surface area contributed by atoms with Gasteiger partial charge >= 0.3 is 0 Å². The molecular weight excluding hydrogens is 292 g/mol. The minimum Gasteiger partial charge on any atom is -0.392 e. The smallest absolute Gasteiger partial charge is 0.0702 e. The standard InChI is InChI=1S/C14H21BrN2O/c1-16(2)13-5-7-17(8-6-13)14-9-12(15)4-3-11(14)10-18/h3-4,9,13,18H,5-8,10H2,1-2H3. The number of aliphatic hydroxyl groups is 1. The molecule has 1 aromatic carbocycles. The molecule has 1 heterocycles. The molecule has 1 N–H and O–H groups in total. The molecule has 0 aliphatic carbocycles. The zero-order valence-electron chi connectivity index (χ0n) is 11.1. The highest BCUT2D eigenvalue weighted by Gasteiger charge is 2.22. The highest BCUT2D eigenvalue weighted by Crippen LogP contribution is 2.28. The van der Waals surface area contributed by atoms with Crippen LogP contribution in [0.2, 0.25) is 0 Å². The van der Waals surface area contributed by atoms with Gasteiger partial charge in [0.1, 0.15) is 0 Å². The Morgan fingerprint density at radius 3 is 2.56 bits per heavy atom. The molecule has 3 nitrogen and oxygen atoms in total. The fourth-order valence-electron chi connectivity index (χ4n) is 2.59. The molecule has 4 heteroatoms. The zero-order chi connectivity index (χ0) is 13.1. The van der Waals surface area contributed by atoms with E-state index < -0.39 is 0 Å². The van der Waals surface area contributed by atoms with Crippen molar-refractivity contribution >= 4 is 21.6 Å². The van der Waals surface area contributed by atoms with E-state index in [1.807, 2.05) is 12.1 Å². The van der Waals surface area contributed by atoms with E-state index in [0.717, 1.165) is 23.1 Å². The minimum atomic E-state index is 0.107. The molecular formula is C14H21BrN2O. The largest absolute Gasteiger partial charge is 0.392 e. The summed E-state index contributed by atoms with van der Waals surface area (Å²) >= 11 is 3.51. The molecule has 1 saturated heterocycles. The van der Waals surface area contributed by atoms with Gasteiger partial charge in [0.2, 0.25) is 0 Å². The third-order valence-corrected chi connectivity index (χ3v) is 4.25. The second-order valence-corrected chi connectivity index (χ2v) is 6.03. The van der Waals surface area contributed by atoms with E-state index in [2.05, 4.69) is 45.9 Å². The van der Waals surface area contributed by atoms with Gasteiger partial charge < -0.3 is 14.9 Å². The maximum atomic E-state index is 9.43. The van der Waals surface area contributed by atoms with Gasteiger partial charge in [-0.2, -0.15) is 0 Å². The summed E-state index contributed by atoms with van der Waals surface area (Å²) < 4.78 is 1.07. The predicted molar refractivity (Wildman–Crippen MR) is 79.0 cm³/mol. The molecule has 0 saturated carbocycles. The van der Waals surface area contributed by atoms with Crippen LogP contribution >= 0.6 is 15.9 Å². The van der Waals surface area contributed by atoms with Crippen molar-refractivity contribution in [1.82, 2.24) is 4.90 Å². The summed E-state index contributed by atoms with van der Waals surface area (Å²) in [5, 5.41) is 9.43. The van der Waals surface area contributed by atoms with Crippen molar-refractivity contribution in [2.24, 2.45) is 0 Å².